The zero-order valence-electron chi connectivity index (χ0n) is 9.80. The molecule has 0 atom stereocenters. The molecule has 3 nitrogen and oxygen atoms in total. The van der Waals surface area contributed by atoms with E-state index in [-0.39, 0.29) is 5.91 Å². The molecule has 3 N–H and O–H groups in total. The summed E-state index contributed by atoms with van der Waals surface area (Å²) in [5.74, 6) is 0.303. The minimum Gasteiger partial charge on any atom is -0.399 e. The van der Waals surface area contributed by atoms with Crippen molar-refractivity contribution in [2.24, 2.45) is 5.92 Å². The molecule has 0 aliphatic carbocycles. The molecule has 0 radical (unpaired) electrons. The van der Waals surface area contributed by atoms with Crippen LogP contribution in [0.2, 0.25) is 5.02 Å². The van der Waals surface area contributed by atoms with Gasteiger partial charge in [0.05, 0.1) is 10.7 Å². The van der Waals surface area contributed by atoms with Crippen molar-refractivity contribution in [3.63, 3.8) is 0 Å². The van der Waals surface area contributed by atoms with Crippen LogP contribution in [0.4, 0.5) is 11.4 Å². The Balaban J connectivity index is 2.85. The van der Waals surface area contributed by atoms with E-state index in [4.69, 9.17) is 17.3 Å². The van der Waals surface area contributed by atoms with E-state index in [0.717, 1.165) is 5.56 Å². The minimum atomic E-state index is -0.0234. The molecule has 16 heavy (non-hydrogen) atoms. The second-order valence-electron chi connectivity index (χ2n) is 4.34. The van der Waals surface area contributed by atoms with E-state index >= 15 is 0 Å². The van der Waals surface area contributed by atoms with Crippen molar-refractivity contribution in [3.05, 3.63) is 22.7 Å². The van der Waals surface area contributed by atoms with Crippen LogP contribution in [0, 0.1) is 12.8 Å². The van der Waals surface area contributed by atoms with Gasteiger partial charge in [-0.15, -0.1) is 0 Å². The third-order valence-electron chi connectivity index (χ3n) is 2.17. The number of nitrogens with two attached hydrogens (primary N) is 1. The fourth-order valence-electron chi connectivity index (χ4n) is 1.49. The molecule has 1 aromatic rings. The number of carbonyl (C=O) groups excluding carboxylic acids is 1. The maximum absolute atomic E-state index is 11.6. The lowest BCUT2D eigenvalue weighted by Crippen LogP contribution is -2.15. The number of rotatable bonds is 3. The number of nitrogen functional groups attached to an aromatic ring is 1. The SMILES string of the molecule is Cc1cc(N)cc(Cl)c1NC(=O)CC(C)C. The number of aryl methyl sites for hydroxylation is 1. The summed E-state index contributed by atoms with van der Waals surface area (Å²) in [7, 11) is 0. The van der Waals surface area contributed by atoms with Gasteiger partial charge in [0.15, 0.2) is 0 Å². The van der Waals surface area contributed by atoms with Crippen molar-refractivity contribution >= 4 is 28.9 Å². The topological polar surface area (TPSA) is 55.1 Å². The van der Waals surface area contributed by atoms with Gasteiger partial charge in [-0.2, -0.15) is 0 Å². The van der Waals surface area contributed by atoms with Gasteiger partial charge in [0.1, 0.15) is 0 Å². The predicted octanol–water partition coefficient (Wildman–Crippen LogP) is 3.22. The van der Waals surface area contributed by atoms with E-state index in [2.05, 4.69) is 5.32 Å². The Hall–Kier alpha value is -1.22. The Kier molecular flexibility index (Phi) is 4.19. The number of carbonyl (C=O) groups is 1. The Morgan fingerprint density at radius 2 is 2.12 bits per heavy atom. The van der Waals surface area contributed by atoms with E-state index < -0.39 is 0 Å². The quantitative estimate of drug-likeness (QED) is 0.797. The second kappa shape index (κ2) is 5.21. The average Bonchev–Trinajstić information content (AvgIpc) is 2.09. The molecular weight excluding hydrogens is 224 g/mol. The molecule has 0 unspecified atom stereocenters. The fourth-order valence-corrected chi connectivity index (χ4v) is 1.81. The Morgan fingerprint density at radius 3 is 2.62 bits per heavy atom. The van der Waals surface area contributed by atoms with E-state index in [9.17, 15) is 4.79 Å². The molecule has 88 valence electrons. The first kappa shape index (κ1) is 12.8. The lowest BCUT2D eigenvalue weighted by Gasteiger charge is -2.12. The van der Waals surface area contributed by atoms with Gasteiger partial charge in [-0.1, -0.05) is 25.4 Å². The molecular formula is C12H17ClN2O. The van der Waals surface area contributed by atoms with Crippen molar-refractivity contribution in [3.8, 4) is 0 Å². The van der Waals surface area contributed by atoms with Crippen molar-refractivity contribution in [2.45, 2.75) is 27.2 Å². The molecule has 0 fully saturated rings. The van der Waals surface area contributed by atoms with Crippen LogP contribution in [0.1, 0.15) is 25.8 Å². The number of amides is 1. The standard InChI is InChI=1S/C12H17ClN2O/c1-7(2)4-11(16)15-12-8(3)5-9(14)6-10(12)13/h5-7H,4,14H2,1-3H3,(H,15,16). The highest BCUT2D eigenvalue weighted by Crippen LogP contribution is 2.28. The molecule has 0 saturated heterocycles. The largest absolute Gasteiger partial charge is 0.399 e. The molecule has 1 aromatic carbocycles. The van der Waals surface area contributed by atoms with E-state index in [1.807, 2.05) is 20.8 Å². The highest BCUT2D eigenvalue weighted by Gasteiger charge is 2.10. The van der Waals surface area contributed by atoms with Crippen LogP contribution in [0.5, 0.6) is 0 Å². The number of halogens is 1. The smallest absolute Gasteiger partial charge is 0.224 e. The van der Waals surface area contributed by atoms with Crippen molar-refractivity contribution in [2.75, 3.05) is 11.1 Å². The van der Waals surface area contributed by atoms with Crippen LogP contribution in [0.15, 0.2) is 12.1 Å². The molecule has 0 aliphatic heterocycles. The van der Waals surface area contributed by atoms with Gasteiger partial charge in [0, 0.05) is 12.1 Å². The molecule has 0 aliphatic rings. The molecule has 1 rings (SSSR count). The number of nitrogens with one attached hydrogen (secondary N) is 1. The summed E-state index contributed by atoms with van der Waals surface area (Å²) in [6, 6.07) is 3.43. The summed E-state index contributed by atoms with van der Waals surface area (Å²) in [5, 5.41) is 3.29. The summed E-state index contributed by atoms with van der Waals surface area (Å²) in [6.45, 7) is 5.86. The number of hydrogen-bond acceptors (Lipinski definition) is 2. The van der Waals surface area contributed by atoms with Gasteiger partial charge in [0.25, 0.3) is 0 Å². The number of hydrogen-bond donors (Lipinski definition) is 2. The number of benzene rings is 1. The summed E-state index contributed by atoms with van der Waals surface area (Å²) < 4.78 is 0. The van der Waals surface area contributed by atoms with E-state index in [1.54, 1.807) is 12.1 Å². The van der Waals surface area contributed by atoms with Crippen molar-refractivity contribution in [1.82, 2.24) is 0 Å². The highest BCUT2D eigenvalue weighted by atomic mass is 35.5. The molecule has 0 heterocycles. The van der Waals surface area contributed by atoms with Crippen LogP contribution in [-0.2, 0) is 4.79 Å². The normalized spacial score (nSPS) is 10.6. The van der Waals surface area contributed by atoms with E-state index in [1.165, 1.54) is 0 Å². The Labute approximate surface area is 101 Å². The van der Waals surface area contributed by atoms with Gasteiger partial charge in [0.2, 0.25) is 5.91 Å². The first-order valence-electron chi connectivity index (χ1n) is 5.25. The minimum absolute atomic E-state index is 0.0234. The highest BCUT2D eigenvalue weighted by molar-refractivity contribution is 6.34. The maximum atomic E-state index is 11.6. The van der Waals surface area contributed by atoms with Crippen LogP contribution < -0.4 is 11.1 Å². The van der Waals surface area contributed by atoms with Gasteiger partial charge < -0.3 is 11.1 Å². The molecule has 1 amide bonds. The average molecular weight is 241 g/mol. The van der Waals surface area contributed by atoms with Crippen LogP contribution >= 0.6 is 11.6 Å². The molecule has 0 saturated carbocycles. The third-order valence-corrected chi connectivity index (χ3v) is 2.47. The Bertz CT molecular complexity index is 379. The van der Waals surface area contributed by atoms with Gasteiger partial charge in [-0.3, -0.25) is 4.79 Å². The summed E-state index contributed by atoms with van der Waals surface area (Å²) in [5.41, 5.74) is 7.78. The van der Waals surface area contributed by atoms with Crippen LogP contribution in [0.3, 0.4) is 0 Å². The Morgan fingerprint density at radius 1 is 1.50 bits per heavy atom. The first-order valence-corrected chi connectivity index (χ1v) is 5.63. The molecule has 0 bridgehead atoms. The number of anilines is 2. The molecule has 0 aromatic heterocycles. The zero-order valence-corrected chi connectivity index (χ0v) is 10.6. The van der Waals surface area contributed by atoms with Gasteiger partial charge in [-0.05, 0) is 30.5 Å². The van der Waals surface area contributed by atoms with Crippen LogP contribution in [-0.4, -0.2) is 5.91 Å². The maximum Gasteiger partial charge on any atom is 0.224 e. The lowest BCUT2D eigenvalue weighted by atomic mass is 10.1. The lowest BCUT2D eigenvalue weighted by molar-refractivity contribution is -0.116. The molecule has 4 heteroatoms. The monoisotopic (exact) mass is 240 g/mol. The fraction of sp³-hybridized carbons (Fsp3) is 0.417. The molecule has 0 spiro atoms. The summed E-state index contributed by atoms with van der Waals surface area (Å²) in [6.07, 6.45) is 0.486. The summed E-state index contributed by atoms with van der Waals surface area (Å²) in [4.78, 5) is 11.6. The van der Waals surface area contributed by atoms with E-state index in [0.29, 0.717) is 28.7 Å². The first-order chi connectivity index (χ1) is 7.40. The summed E-state index contributed by atoms with van der Waals surface area (Å²) >= 11 is 6.02. The van der Waals surface area contributed by atoms with Gasteiger partial charge in [-0.25, -0.2) is 0 Å². The van der Waals surface area contributed by atoms with Crippen molar-refractivity contribution in [1.29, 1.82) is 0 Å². The second-order valence-corrected chi connectivity index (χ2v) is 4.75. The van der Waals surface area contributed by atoms with Crippen molar-refractivity contribution < 1.29 is 4.79 Å². The predicted molar refractivity (Wildman–Crippen MR) is 68.7 cm³/mol. The van der Waals surface area contributed by atoms with Gasteiger partial charge >= 0.3 is 0 Å². The van der Waals surface area contributed by atoms with Crippen LogP contribution in [0.25, 0.3) is 0 Å². The zero-order chi connectivity index (χ0) is 12.3. The third kappa shape index (κ3) is 3.42.